The van der Waals surface area contributed by atoms with Crippen LogP contribution < -0.4 is 10.6 Å². The van der Waals surface area contributed by atoms with Gasteiger partial charge in [0.05, 0.1) is 10.7 Å². The van der Waals surface area contributed by atoms with Gasteiger partial charge in [0.25, 0.3) is 5.91 Å². The molecule has 0 aliphatic heterocycles. The van der Waals surface area contributed by atoms with Crippen LogP contribution in [0.2, 0.25) is 5.02 Å². The van der Waals surface area contributed by atoms with E-state index in [2.05, 4.69) is 17.2 Å². The van der Waals surface area contributed by atoms with Crippen molar-refractivity contribution in [2.75, 3.05) is 11.9 Å². The van der Waals surface area contributed by atoms with Crippen molar-refractivity contribution in [3.8, 4) is 0 Å². The van der Waals surface area contributed by atoms with Gasteiger partial charge >= 0.3 is 6.09 Å². The minimum Gasteiger partial charge on any atom is -0.444 e. The van der Waals surface area contributed by atoms with E-state index in [1.807, 2.05) is 74.5 Å². The van der Waals surface area contributed by atoms with Crippen LogP contribution in [0.5, 0.6) is 0 Å². The Balaban J connectivity index is 2.09. The van der Waals surface area contributed by atoms with E-state index < -0.39 is 35.6 Å². The Bertz CT molecular complexity index is 1380. The summed E-state index contributed by atoms with van der Waals surface area (Å²) < 4.78 is 5.50. The van der Waals surface area contributed by atoms with Crippen LogP contribution in [0.3, 0.4) is 0 Å². The monoisotopic (exact) mass is 589 g/mol. The normalized spacial score (nSPS) is 12.5. The second-order valence-electron chi connectivity index (χ2n) is 11.1. The second kappa shape index (κ2) is 14.7. The lowest BCUT2D eigenvalue weighted by molar-refractivity contribution is -0.140. The molecular weight excluding hydrogens is 550 g/mol. The molecule has 2 atom stereocenters. The Hall–Kier alpha value is -4.10. The van der Waals surface area contributed by atoms with Gasteiger partial charge in [-0.2, -0.15) is 0 Å². The average molecular weight is 590 g/mol. The summed E-state index contributed by atoms with van der Waals surface area (Å²) >= 11 is 6.46. The number of nitrogens with one attached hydrogen (secondary N) is 2. The maximum absolute atomic E-state index is 14.4. The second-order valence-corrected chi connectivity index (χ2v) is 11.5. The first-order chi connectivity index (χ1) is 19.9. The molecule has 3 aromatic rings. The average Bonchev–Trinajstić information content (AvgIpc) is 2.94. The van der Waals surface area contributed by atoms with Crippen molar-refractivity contribution in [1.82, 2.24) is 10.2 Å². The highest BCUT2D eigenvalue weighted by Crippen LogP contribution is 2.30. The highest BCUT2D eigenvalue weighted by Gasteiger charge is 2.36. The molecule has 0 spiro atoms. The molecule has 0 bridgehead atoms. The molecule has 2 N–H and O–H groups in total. The molecular formula is C34H40ClN3O4. The van der Waals surface area contributed by atoms with Crippen molar-refractivity contribution in [2.45, 2.75) is 65.1 Å². The summed E-state index contributed by atoms with van der Waals surface area (Å²) in [6, 6.07) is 20.1. The fourth-order valence-electron chi connectivity index (χ4n) is 4.62. The van der Waals surface area contributed by atoms with E-state index in [-0.39, 0.29) is 13.0 Å². The van der Waals surface area contributed by atoms with E-state index >= 15 is 0 Å². The van der Waals surface area contributed by atoms with Crippen LogP contribution in [-0.2, 0) is 20.7 Å². The Morgan fingerprint density at radius 1 is 1.02 bits per heavy atom. The van der Waals surface area contributed by atoms with Gasteiger partial charge in [0.1, 0.15) is 17.7 Å². The Morgan fingerprint density at radius 2 is 1.71 bits per heavy atom. The van der Waals surface area contributed by atoms with Gasteiger partial charge in [-0.25, -0.2) is 4.79 Å². The van der Waals surface area contributed by atoms with E-state index in [4.69, 9.17) is 16.3 Å². The lowest BCUT2D eigenvalue weighted by Gasteiger charge is -2.34. The highest BCUT2D eigenvalue weighted by molar-refractivity contribution is 6.34. The maximum atomic E-state index is 14.4. The van der Waals surface area contributed by atoms with Gasteiger partial charge < -0.3 is 20.3 Å². The summed E-state index contributed by atoms with van der Waals surface area (Å²) in [6.07, 6.45) is 1.76. The predicted octanol–water partition coefficient (Wildman–Crippen LogP) is 7.35. The summed E-state index contributed by atoms with van der Waals surface area (Å²) in [5, 5.41) is 6.13. The number of ether oxygens (including phenoxy) is 1. The molecule has 3 amide bonds. The van der Waals surface area contributed by atoms with Crippen molar-refractivity contribution in [1.29, 1.82) is 0 Å². The van der Waals surface area contributed by atoms with Crippen molar-refractivity contribution in [2.24, 2.45) is 0 Å². The van der Waals surface area contributed by atoms with Gasteiger partial charge in [-0.1, -0.05) is 91.8 Å². The fraction of sp³-hybridized carbons (Fsp3) is 0.324. The van der Waals surface area contributed by atoms with E-state index in [9.17, 15) is 14.4 Å². The molecule has 0 aliphatic rings. The van der Waals surface area contributed by atoms with Crippen LogP contribution in [0.15, 0.2) is 79.4 Å². The number of halogens is 1. The van der Waals surface area contributed by atoms with Crippen molar-refractivity contribution in [3.63, 3.8) is 0 Å². The predicted molar refractivity (Wildman–Crippen MR) is 169 cm³/mol. The number of anilines is 1. The minimum atomic E-state index is -1.02. The molecule has 3 rings (SSSR count). The number of aryl methyl sites for hydroxylation is 1. The smallest absolute Gasteiger partial charge is 0.408 e. The van der Waals surface area contributed by atoms with Gasteiger partial charge in [-0.05, 0) is 68.5 Å². The molecule has 0 saturated heterocycles. The third-order valence-electron chi connectivity index (χ3n) is 6.51. The summed E-state index contributed by atoms with van der Waals surface area (Å²) in [6.45, 7) is 13.2. The molecule has 222 valence electrons. The molecule has 7 nitrogen and oxygen atoms in total. The first-order valence-corrected chi connectivity index (χ1v) is 14.4. The summed E-state index contributed by atoms with van der Waals surface area (Å²) in [5.74, 6) is -0.837. The summed E-state index contributed by atoms with van der Waals surface area (Å²) in [7, 11) is 0. The number of para-hydroxylation sites is 1. The van der Waals surface area contributed by atoms with Crippen molar-refractivity contribution in [3.05, 3.63) is 107 Å². The molecule has 0 saturated carbocycles. The number of hydrogen-bond donors (Lipinski definition) is 2. The quantitative estimate of drug-likeness (QED) is 0.245. The molecule has 2 unspecified atom stereocenters. The zero-order valence-electron chi connectivity index (χ0n) is 24.9. The SMILES string of the molecule is C=Cc1cccc(C(C(=O)Nc2c(C)cccc2Cl)N(CCC)C(=O)C(Cc2ccccc2)NC(=O)OC(C)(C)C)c1. The lowest BCUT2D eigenvalue weighted by Crippen LogP contribution is -2.53. The number of hydrogen-bond acceptors (Lipinski definition) is 4. The largest absolute Gasteiger partial charge is 0.444 e. The topological polar surface area (TPSA) is 87.7 Å². The number of benzene rings is 3. The van der Waals surface area contributed by atoms with Crippen LogP contribution in [0.25, 0.3) is 6.08 Å². The molecule has 0 aliphatic carbocycles. The van der Waals surface area contributed by atoms with Gasteiger partial charge in [0, 0.05) is 13.0 Å². The van der Waals surface area contributed by atoms with Crippen LogP contribution in [0.4, 0.5) is 10.5 Å². The third kappa shape index (κ3) is 8.95. The third-order valence-corrected chi connectivity index (χ3v) is 6.83. The highest BCUT2D eigenvalue weighted by atomic mass is 35.5. The van der Waals surface area contributed by atoms with Crippen LogP contribution in [-0.4, -0.2) is 41.0 Å². The van der Waals surface area contributed by atoms with Crippen molar-refractivity contribution < 1.29 is 19.1 Å². The van der Waals surface area contributed by atoms with E-state index in [1.54, 1.807) is 39.0 Å². The Morgan fingerprint density at radius 3 is 2.33 bits per heavy atom. The van der Waals surface area contributed by atoms with Gasteiger partial charge in [-0.15, -0.1) is 0 Å². The minimum absolute atomic E-state index is 0.212. The van der Waals surface area contributed by atoms with E-state index in [1.165, 1.54) is 4.90 Å². The summed E-state index contributed by atoms with van der Waals surface area (Å²) in [4.78, 5) is 43.0. The first kappa shape index (κ1) is 32.4. The standard InChI is InChI=1S/C34H40ClN3O4/c1-7-20-38(32(40)28(22-25-15-10-9-11-16-25)36-33(41)42-34(4,5)6)30(26-18-13-17-24(8-2)21-26)31(39)37-29-23(3)14-12-19-27(29)35/h8-19,21,28,30H,2,7,20,22H2,1,3-6H3,(H,36,41)(H,37,39). The van der Waals surface area contributed by atoms with Crippen LogP contribution >= 0.6 is 11.6 Å². The summed E-state index contributed by atoms with van der Waals surface area (Å²) in [5.41, 5.74) is 2.77. The number of carbonyl (C=O) groups excluding carboxylic acids is 3. The Kier molecular flexibility index (Phi) is 11.3. The van der Waals surface area contributed by atoms with Gasteiger partial charge in [0.15, 0.2) is 0 Å². The van der Waals surface area contributed by atoms with Gasteiger partial charge in [-0.3, -0.25) is 9.59 Å². The number of alkyl carbamates (subject to hydrolysis) is 1. The lowest BCUT2D eigenvalue weighted by atomic mass is 9.98. The molecule has 0 radical (unpaired) electrons. The zero-order valence-corrected chi connectivity index (χ0v) is 25.7. The van der Waals surface area contributed by atoms with Crippen LogP contribution in [0, 0.1) is 6.92 Å². The Labute approximate surface area is 253 Å². The van der Waals surface area contributed by atoms with Crippen LogP contribution in [0.1, 0.15) is 62.4 Å². The molecule has 8 heteroatoms. The zero-order chi connectivity index (χ0) is 30.9. The molecule has 42 heavy (non-hydrogen) atoms. The number of amides is 3. The van der Waals surface area contributed by atoms with Crippen molar-refractivity contribution >= 4 is 41.3 Å². The molecule has 0 heterocycles. The fourth-order valence-corrected chi connectivity index (χ4v) is 4.89. The van der Waals surface area contributed by atoms with E-state index in [0.29, 0.717) is 22.7 Å². The molecule has 3 aromatic carbocycles. The number of rotatable bonds is 11. The number of nitrogens with zero attached hydrogens (tertiary/aromatic N) is 1. The first-order valence-electron chi connectivity index (χ1n) is 14.1. The van der Waals surface area contributed by atoms with Gasteiger partial charge in [0.2, 0.25) is 5.91 Å². The molecule has 0 fully saturated rings. The molecule has 0 aromatic heterocycles. The maximum Gasteiger partial charge on any atom is 0.408 e. The number of carbonyl (C=O) groups is 3. The van der Waals surface area contributed by atoms with E-state index in [0.717, 1.165) is 16.7 Å².